The van der Waals surface area contributed by atoms with Crippen LogP contribution in [0.4, 0.5) is 0 Å². The fourth-order valence-electron chi connectivity index (χ4n) is 2.26. The van der Waals surface area contributed by atoms with Crippen molar-refractivity contribution in [1.82, 2.24) is 0 Å². The molecular formula is C16H31N. The molecule has 0 fully saturated rings. The van der Waals surface area contributed by atoms with Crippen LogP contribution in [0.25, 0.3) is 0 Å². The van der Waals surface area contributed by atoms with E-state index in [0.29, 0.717) is 5.92 Å². The standard InChI is InChI=1S/C16H31N/c1-3-5-7-9-11-13-16(15-17)14-12-10-8-6-4-2/h16H,3-14H2,1-2H3. The Kier molecular flexibility index (Phi) is 13.1. The molecule has 0 amide bonds. The van der Waals surface area contributed by atoms with Gasteiger partial charge in [0.05, 0.1) is 6.07 Å². The molecule has 1 nitrogen and oxygen atoms in total. The average Bonchev–Trinajstić information content (AvgIpc) is 2.36. The van der Waals surface area contributed by atoms with E-state index in [-0.39, 0.29) is 0 Å². The number of rotatable bonds is 12. The van der Waals surface area contributed by atoms with E-state index in [1.54, 1.807) is 0 Å². The van der Waals surface area contributed by atoms with Gasteiger partial charge in [-0.05, 0) is 12.8 Å². The van der Waals surface area contributed by atoms with Gasteiger partial charge in [-0.1, -0.05) is 78.1 Å². The zero-order valence-electron chi connectivity index (χ0n) is 12.0. The molecule has 0 aromatic rings. The minimum absolute atomic E-state index is 0.332. The fraction of sp³-hybridized carbons (Fsp3) is 0.938. The average molecular weight is 237 g/mol. The molecule has 0 aliphatic carbocycles. The van der Waals surface area contributed by atoms with Crippen LogP contribution in [0.5, 0.6) is 0 Å². The summed E-state index contributed by atoms with van der Waals surface area (Å²) in [6.07, 6.45) is 15.4. The lowest BCUT2D eigenvalue weighted by Gasteiger charge is -2.08. The summed E-state index contributed by atoms with van der Waals surface area (Å²) in [5.41, 5.74) is 0. The lowest BCUT2D eigenvalue weighted by molar-refractivity contribution is 0.476. The first-order valence-corrected chi connectivity index (χ1v) is 7.74. The second-order valence-electron chi connectivity index (χ2n) is 5.23. The highest BCUT2D eigenvalue weighted by Crippen LogP contribution is 2.17. The molecule has 0 aromatic carbocycles. The highest BCUT2D eigenvalue weighted by molar-refractivity contribution is 4.82. The number of unbranched alkanes of at least 4 members (excludes halogenated alkanes) is 8. The zero-order valence-corrected chi connectivity index (χ0v) is 12.0. The number of hydrogen-bond donors (Lipinski definition) is 0. The van der Waals surface area contributed by atoms with Crippen LogP contribution in [0.2, 0.25) is 0 Å². The summed E-state index contributed by atoms with van der Waals surface area (Å²) < 4.78 is 0. The maximum absolute atomic E-state index is 9.08. The van der Waals surface area contributed by atoms with Crippen molar-refractivity contribution in [3.63, 3.8) is 0 Å². The molecule has 0 rings (SSSR count). The Hall–Kier alpha value is -0.510. The van der Waals surface area contributed by atoms with E-state index in [4.69, 9.17) is 5.26 Å². The monoisotopic (exact) mass is 237 g/mol. The third-order valence-corrected chi connectivity index (χ3v) is 3.49. The summed E-state index contributed by atoms with van der Waals surface area (Å²) >= 11 is 0. The van der Waals surface area contributed by atoms with Crippen molar-refractivity contribution in [2.75, 3.05) is 0 Å². The van der Waals surface area contributed by atoms with E-state index >= 15 is 0 Å². The molecule has 0 saturated carbocycles. The van der Waals surface area contributed by atoms with Crippen molar-refractivity contribution in [2.24, 2.45) is 5.92 Å². The van der Waals surface area contributed by atoms with Crippen LogP contribution in [0, 0.1) is 17.2 Å². The molecule has 0 atom stereocenters. The van der Waals surface area contributed by atoms with Crippen LogP contribution in [0.3, 0.4) is 0 Å². The van der Waals surface area contributed by atoms with Gasteiger partial charge in [0, 0.05) is 5.92 Å². The van der Waals surface area contributed by atoms with Gasteiger partial charge in [0.2, 0.25) is 0 Å². The molecular weight excluding hydrogens is 206 g/mol. The molecule has 100 valence electrons. The first-order valence-electron chi connectivity index (χ1n) is 7.74. The molecule has 0 aromatic heterocycles. The van der Waals surface area contributed by atoms with Crippen LogP contribution in [0.1, 0.15) is 90.9 Å². The summed E-state index contributed by atoms with van der Waals surface area (Å²) in [5, 5.41) is 9.08. The highest BCUT2D eigenvalue weighted by Gasteiger charge is 2.06. The third-order valence-electron chi connectivity index (χ3n) is 3.49. The summed E-state index contributed by atoms with van der Waals surface area (Å²) in [7, 11) is 0. The van der Waals surface area contributed by atoms with E-state index in [1.165, 1.54) is 64.2 Å². The van der Waals surface area contributed by atoms with Crippen molar-refractivity contribution in [2.45, 2.75) is 90.9 Å². The first kappa shape index (κ1) is 16.5. The lowest BCUT2D eigenvalue weighted by Crippen LogP contribution is -1.97. The van der Waals surface area contributed by atoms with E-state index in [1.807, 2.05) is 0 Å². The van der Waals surface area contributed by atoms with Crippen molar-refractivity contribution in [3.05, 3.63) is 0 Å². The molecule has 0 saturated heterocycles. The third kappa shape index (κ3) is 11.7. The molecule has 0 bridgehead atoms. The first-order chi connectivity index (χ1) is 8.35. The number of nitrogens with zero attached hydrogens (tertiary/aromatic N) is 1. The highest BCUT2D eigenvalue weighted by atomic mass is 14.3. The van der Waals surface area contributed by atoms with Gasteiger partial charge in [-0.3, -0.25) is 0 Å². The van der Waals surface area contributed by atoms with E-state index < -0.39 is 0 Å². The number of nitriles is 1. The molecule has 0 spiro atoms. The Balaban J connectivity index is 3.34. The van der Waals surface area contributed by atoms with Crippen LogP contribution < -0.4 is 0 Å². The van der Waals surface area contributed by atoms with E-state index in [9.17, 15) is 0 Å². The fourth-order valence-corrected chi connectivity index (χ4v) is 2.26. The van der Waals surface area contributed by atoms with Gasteiger partial charge in [-0.25, -0.2) is 0 Å². The Morgan fingerprint density at radius 2 is 1.12 bits per heavy atom. The molecule has 0 aliphatic heterocycles. The predicted molar refractivity (Wildman–Crippen MR) is 75.9 cm³/mol. The quantitative estimate of drug-likeness (QED) is 0.391. The van der Waals surface area contributed by atoms with Crippen LogP contribution in [-0.2, 0) is 0 Å². The minimum Gasteiger partial charge on any atom is -0.198 e. The van der Waals surface area contributed by atoms with Gasteiger partial charge in [0.25, 0.3) is 0 Å². The van der Waals surface area contributed by atoms with Crippen LogP contribution in [-0.4, -0.2) is 0 Å². The Labute approximate surface area is 109 Å². The number of hydrogen-bond acceptors (Lipinski definition) is 1. The Morgan fingerprint density at radius 1 is 0.706 bits per heavy atom. The second-order valence-corrected chi connectivity index (χ2v) is 5.23. The topological polar surface area (TPSA) is 23.8 Å². The zero-order chi connectivity index (χ0) is 12.8. The largest absolute Gasteiger partial charge is 0.198 e. The summed E-state index contributed by atoms with van der Waals surface area (Å²) in [6, 6.07) is 2.48. The van der Waals surface area contributed by atoms with Crippen molar-refractivity contribution in [1.29, 1.82) is 5.26 Å². The van der Waals surface area contributed by atoms with Crippen LogP contribution in [0.15, 0.2) is 0 Å². The van der Waals surface area contributed by atoms with Gasteiger partial charge in [0.1, 0.15) is 0 Å². The second kappa shape index (κ2) is 13.6. The Morgan fingerprint density at radius 3 is 1.47 bits per heavy atom. The summed E-state index contributed by atoms with van der Waals surface area (Å²) in [6.45, 7) is 4.49. The normalized spacial score (nSPS) is 10.7. The van der Waals surface area contributed by atoms with Gasteiger partial charge < -0.3 is 0 Å². The molecule has 17 heavy (non-hydrogen) atoms. The lowest BCUT2D eigenvalue weighted by atomic mass is 9.95. The molecule has 0 radical (unpaired) electrons. The minimum atomic E-state index is 0.332. The maximum Gasteiger partial charge on any atom is 0.0655 e. The molecule has 0 N–H and O–H groups in total. The van der Waals surface area contributed by atoms with Crippen LogP contribution >= 0.6 is 0 Å². The van der Waals surface area contributed by atoms with E-state index in [2.05, 4.69) is 19.9 Å². The summed E-state index contributed by atoms with van der Waals surface area (Å²) in [5.74, 6) is 0.332. The van der Waals surface area contributed by atoms with Crippen molar-refractivity contribution in [3.8, 4) is 6.07 Å². The smallest absolute Gasteiger partial charge is 0.0655 e. The van der Waals surface area contributed by atoms with Gasteiger partial charge in [-0.2, -0.15) is 5.26 Å². The summed E-state index contributed by atoms with van der Waals surface area (Å²) in [4.78, 5) is 0. The predicted octanol–water partition coefficient (Wildman–Crippen LogP) is 5.85. The van der Waals surface area contributed by atoms with Crippen molar-refractivity contribution >= 4 is 0 Å². The van der Waals surface area contributed by atoms with E-state index in [0.717, 1.165) is 12.8 Å². The Bertz CT molecular complexity index is 166. The molecule has 0 heterocycles. The maximum atomic E-state index is 9.08. The molecule has 1 heteroatoms. The van der Waals surface area contributed by atoms with Gasteiger partial charge >= 0.3 is 0 Å². The molecule has 0 unspecified atom stereocenters. The van der Waals surface area contributed by atoms with Crippen molar-refractivity contribution < 1.29 is 0 Å². The molecule has 0 aliphatic rings. The van der Waals surface area contributed by atoms with Gasteiger partial charge in [-0.15, -0.1) is 0 Å². The SMILES string of the molecule is CCCCCCCC(C#N)CCCCCCC. The van der Waals surface area contributed by atoms with Gasteiger partial charge in [0.15, 0.2) is 0 Å².